The molecule has 0 fully saturated rings. The minimum Gasteiger partial charge on any atom is -0.341 e. The van der Waals surface area contributed by atoms with E-state index in [4.69, 9.17) is 0 Å². The van der Waals surface area contributed by atoms with Gasteiger partial charge in [0.1, 0.15) is 0 Å². The van der Waals surface area contributed by atoms with Crippen LogP contribution in [0.4, 0.5) is 0 Å². The van der Waals surface area contributed by atoms with Crippen molar-refractivity contribution in [1.82, 2.24) is 10.2 Å². The molecule has 1 N–H and O–H groups in total. The Morgan fingerprint density at radius 2 is 1.42 bits per heavy atom. The number of unbranched alkanes of at least 4 members (excludes halogenated alkanes) is 5. The van der Waals surface area contributed by atoms with E-state index in [1.165, 1.54) is 25.7 Å². The highest BCUT2D eigenvalue weighted by molar-refractivity contribution is 5.76. The van der Waals surface area contributed by atoms with Crippen molar-refractivity contribution in [2.75, 3.05) is 14.1 Å². The van der Waals surface area contributed by atoms with Crippen LogP contribution in [0.2, 0.25) is 0 Å². The van der Waals surface area contributed by atoms with Gasteiger partial charge in [0.05, 0.1) is 6.17 Å². The summed E-state index contributed by atoms with van der Waals surface area (Å²) in [5.41, 5.74) is 0. The summed E-state index contributed by atoms with van der Waals surface area (Å²) >= 11 is 0. The molecule has 150 valence electrons. The largest absolute Gasteiger partial charge is 0.341 e. The van der Waals surface area contributed by atoms with E-state index in [-0.39, 0.29) is 12.1 Å². The maximum atomic E-state index is 11.9. The molecule has 0 aliphatic heterocycles. The summed E-state index contributed by atoms with van der Waals surface area (Å²) in [4.78, 5) is 14.0. The molecule has 3 nitrogen and oxygen atoms in total. The maximum absolute atomic E-state index is 11.9. The molecule has 0 bridgehead atoms. The Morgan fingerprint density at radius 1 is 0.846 bits per heavy atom. The smallest absolute Gasteiger partial charge is 0.221 e. The van der Waals surface area contributed by atoms with Crippen LogP contribution < -0.4 is 5.32 Å². The van der Waals surface area contributed by atoms with Crippen molar-refractivity contribution in [3.63, 3.8) is 0 Å². The third kappa shape index (κ3) is 16.1. The van der Waals surface area contributed by atoms with E-state index in [0.29, 0.717) is 6.42 Å². The molecule has 0 saturated heterocycles. The van der Waals surface area contributed by atoms with Crippen LogP contribution in [0, 0.1) is 0 Å². The molecule has 1 atom stereocenters. The number of carbonyl (C=O) groups is 1. The molecule has 0 heterocycles. The minimum absolute atomic E-state index is 0.164. The number of allylic oxidation sites excluding steroid dienone is 6. The molecule has 0 aromatic heterocycles. The van der Waals surface area contributed by atoms with Crippen molar-refractivity contribution in [3.8, 4) is 0 Å². The van der Waals surface area contributed by atoms with Crippen molar-refractivity contribution in [3.05, 3.63) is 36.5 Å². The van der Waals surface area contributed by atoms with E-state index in [1.807, 2.05) is 14.1 Å². The highest BCUT2D eigenvalue weighted by atomic mass is 16.1. The van der Waals surface area contributed by atoms with E-state index >= 15 is 0 Å². The second-order valence-corrected chi connectivity index (χ2v) is 7.06. The van der Waals surface area contributed by atoms with Crippen LogP contribution in [0.3, 0.4) is 0 Å². The second kappa shape index (κ2) is 18.4. The summed E-state index contributed by atoms with van der Waals surface area (Å²) in [5, 5.41) is 3.08. The first kappa shape index (κ1) is 24.7. The molecule has 0 aromatic rings. The average molecular weight is 363 g/mol. The molecule has 3 heteroatoms. The first-order chi connectivity index (χ1) is 12.6. The Kier molecular flexibility index (Phi) is 17.5. The molecular weight excluding hydrogens is 320 g/mol. The van der Waals surface area contributed by atoms with Crippen molar-refractivity contribution in [1.29, 1.82) is 0 Å². The minimum atomic E-state index is 0.164. The Bertz CT molecular complexity index is 410. The van der Waals surface area contributed by atoms with Crippen LogP contribution in [0.5, 0.6) is 0 Å². The van der Waals surface area contributed by atoms with Crippen molar-refractivity contribution >= 4 is 5.91 Å². The highest BCUT2D eigenvalue weighted by Gasteiger charge is 2.11. The van der Waals surface area contributed by atoms with Crippen molar-refractivity contribution in [2.24, 2.45) is 0 Å². The molecule has 1 unspecified atom stereocenters. The lowest BCUT2D eigenvalue weighted by atomic mass is 10.1. The summed E-state index contributed by atoms with van der Waals surface area (Å²) in [7, 11) is 4.01. The van der Waals surface area contributed by atoms with E-state index in [0.717, 1.165) is 38.5 Å². The number of amides is 1. The predicted molar refractivity (Wildman–Crippen MR) is 115 cm³/mol. The van der Waals surface area contributed by atoms with E-state index < -0.39 is 0 Å². The van der Waals surface area contributed by atoms with Gasteiger partial charge < -0.3 is 5.32 Å². The number of nitrogens with zero attached hydrogens (tertiary/aromatic N) is 1. The van der Waals surface area contributed by atoms with Crippen molar-refractivity contribution in [2.45, 2.75) is 90.6 Å². The zero-order valence-corrected chi connectivity index (χ0v) is 17.7. The zero-order chi connectivity index (χ0) is 19.5. The van der Waals surface area contributed by atoms with Gasteiger partial charge in [-0.2, -0.15) is 0 Å². The van der Waals surface area contributed by atoms with Gasteiger partial charge in [-0.25, -0.2) is 0 Å². The van der Waals surface area contributed by atoms with Gasteiger partial charge in [0.2, 0.25) is 5.91 Å². The predicted octanol–water partition coefficient (Wildman–Crippen LogP) is 5.99. The molecule has 1 amide bonds. The molecule has 0 saturated carbocycles. The molecular formula is C23H42N2O. The molecule has 26 heavy (non-hydrogen) atoms. The fourth-order valence-electron chi connectivity index (χ4n) is 2.76. The fraction of sp³-hybridized carbons (Fsp3) is 0.696. The normalized spacial score (nSPS) is 13.4. The van der Waals surface area contributed by atoms with Gasteiger partial charge >= 0.3 is 0 Å². The van der Waals surface area contributed by atoms with E-state index in [1.54, 1.807) is 0 Å². The Morgan fingerprint density at radius 3 is 2.04 bits per heavy atom. The summed E-state index contributed by atoms with van der Waals surface area (Å²) in [6, 6.07) is 0. The van der Waals surface area contributed by atoms with Crippen LogP contribution in [0.1, 0.15) is 84.5 Å². The Labute approximate surface area is 162 Å². The average Bonchev–Trinajstić information content (AvgIpc) is 2.62. The molecule has 0 aliphatic carbocycles. The van der Waals surface area contributed by atoms with Crippen LogP contribution in [0.15, 0.2) is 36.5 Å². The van der Waals surface area contributed by atoms with E-state index in [2.05, 4.69) is 60.5 Å². The lowest BCUT2D eigenvalue weighted by Crippen LogP contribution is -2.44. The molecule has 0 aliphatic rings. The summed E-state index contributed by atoms with van der Waals surface area (Å²) in [6.07, 6.45) is 25.5. The van der Waals surface area contributed by atoms with Gasteiger partial charge in [-0.15, -0.1) is 0 Å². The topological polar surface area (TPSA) is 32.3 Å². The summed E-state index contributed by atoms with van der Waals surface area (Å²) < 4.78 is 0. The number of carbonyl (C=O) groups excluding carboxylic acids is 1. The van der Waals surface area contributed by atoms with Crippen LogP contribution in [-0.2, 0) is 4.79 Å². The summed E-state index contributed by atoms with van der Waals surface area (Å²) in [6.45, 7) is 4.26. The van der Waals surface area contributed by atoms with Gasteiger partial charge in [-0.3, -0.25) is 9.69 Å². The van der Waals surface area contributed by atoms with Gasteiger partial charge in [0, 0.05) is 6.42 Å². The van der Waals surface area contributed by atoms with Gasteiger partial charge in [0.25, 0.3) is 0 Å². The Hall–Kier alpha value is -1.35. The number of nitrogens with one attached hydrogen (secondary N) is 1. The molecule has 0 radical (unpaired) electrons. The zero-order valence-electron chi connectivity index (χ0n) is 17.7. The van der Waals surface area contributed by atoms with Crippen LogP contribution in [0.25, 0.3) is 0 Å². The quantitative estimate of drug-likeness (QED) is 0.208. The fourth-order valence-corrected chi connectivity index (χ4v) is 2.76. The maximum Gasteiger partial charge on any atom is 0.221 e. The monoisotopic (exact) mass is 362 g/mol. The molecule has 0 aromatic carbocycles. The van der Waals surface area contributed by atoms with Crippen molar-refractivity contribution < 1.29 is 4.79 Å². The number of hydrogen-bond acceptors (Lipinski definition) is 2. The Balaban J connectivity index is 3.46. The number of hydrogen-bond donors (Lipinski definition) is 1. The number of rotatable bonds is 16. The second-order valence-electron chi connectivity index (χ2n) is 7.06. The first-order valence-electron chi connectivity index (χ1n) is 10.5. The lowest BCUT2D eigenvalue weighted by Gasteiger charge is -2.23. The summed E-state index contributed by atoms with van der Waals surface area (Å²) in [5.74, 6) is 0.187. The highest BCUT2D eigenvalue weighted by Crippen LogP contribution is 2.08. The van der Waals surface area contributed by atoms with E-state index in [9.17, 15) is 4.79 Å². The van der Waals surface area contributed by atoms with Gasteiger partial charge in [-0.1, -0.05) is 69.6 Å². The SMILES string of the molecule is CCC=CCC=CCC=CCCCCCCCC(=O)NC(CC)N(C)C. The standard InChI is InChI=1S/C23H42N2O/c1-5-7-8-9-10-11-12-13-14-15-16-17-18-19-20-21-23(26)24-22(6-2)25(3)4/h7-8,10-11,13-14,22H,5-6,9,12,15-21H2,1-4H3,(H,24,26). The molecule has 0 rings (SSSR count). The van der Waals surface area contributed by atoms with Gasteiger partial charge in [-0.05, 0) is 59.0 Å². The van der Waals surface area contributed by atoms with Gasteiger partial charge in [0.15, 0.2) is 0 Å². The third-order valence-electron chi connectivity index (χ3n) is 4.39. The molecule has 0 spiro atoms. The van der Waals surface area contributed by atoms with Crippen LogP contribution in [-0.4, -0.2) is 31.1 Å². The lowest BCUT2D eigenvalue weighted by molar-refractivity contribution is -0.123. The van der Waals surface area contributed by atoms with Crippen LogP contribution >= 0.6 is 0 Å². The third-order valence-corrected chi connectivity index (χ3v) is 4.39. The first-order valence-corrected chi connectivity index (χ1v) is 10.5.